The lowest BCUT2D eigenvalue weighted by Gasteiger charge is -2.19. The lowest BCUT2D eigenvalue weighted by atomic mass is 9.84. The Kier molecular flexibility index (Phi) is 12.4. The molecule has 0 aliphatic carbocycles. The minimum absolute atomic E-state index is 1.21. The van der Waals surface area contributed by atoms with Crippen molar-refractivity contribution >= 4 is 191 Å². The zero-order valence-electron chi connectivity index (χ0n) is 53.8. The third-order valence-electron chi connectivity index (χ3n) is 21.4. The van der Waals surface area contributed by atoms with Gasteiger partial charge in [-0.3, -0.25) is 0 Å². The molecule has 22 aromatic rings. The molecule has 4 aromatic heterocycles. The van der Waals surface area contributed by atoms with Crippen molar-refractivity contribution in [3.63, 3.8) is 0 Å². The van der Waals surface area contributed by atoms with Crippen LogP contribution in [-0.4, -0.2) is 0 Å². The molecule has 0 unspecified atom stereocenters. The monoisotopic (exact) mass is 1330 g/mol. The summed E-state index contributed by atoms with van der Waals surface area (Å²) in [6, 6.07) is 124. The Hall–Kier alpha value is -11.6. The van der Waals surface area contributed by atoms with Crippen LogP contribution in [0.5, 0.6) is 0 Å². The van der Waals surface area contributed by atoms with E-state index in [0.29, 0.717) is 0 Å². The van der Waals surface area contributed by atoms with Gasteiger partial charge in [-0.1, -0.05) is 237 Å². The molecule has 0 atom stereocenters. The first-order valence-electron chi connectivity index (χ1n) is 34.2. The maximum absolute atomic E-state index is 2.48. The summed E-state index contributed by atoms with van der Waals surface area (Å²) in [5, 5.41) is 25.8. The molecule has 100 heavy (non-hydrogen) atoms. The predicted molar refractivity (Wildman–Crippen MR) is 441 cm³/mol. The summed E-state index contributed by atoms with van der Waals surface area (Å²) in [6.07, 6.45) is 0. The standard InChI is InChI=1S/C96H54S4/c1-3-17-55(18-4-1)92-70-26-7-10-29-73(70)94(74-30-11-8-27-71(74)92)64-23-15-21-57(43-64)60-36-41-86-80(45-60)82-49-67-52-90-79(48-66(67)53-91(82)98-86)69-38-33-62(50-88(69)99-90)59-34-39-76-84(47-59)95(75-31-12-9-28-72(75)93(76)56-19-5-2-6-20-56)65-24-16-22-58(44-65)61-37-42-87-81(46-61)83-54-78-63(51-89(83)97-87)35-40-77-68-25-13-14-32-85(68)100-96(77)78/h1-54H. The van der Waals surface area contributed by atoms with E-state index in [-0.39, 0.29) is 0 Å². The van der Waals surface area contributed by atoms with Crippen LogP contribution in [0.25, 0.3) is 223 Å². The van der Waals surface area contributed by atoms with Gasteiger partial charge in [0, 0.05) is 86.1 Å². The van der Waals surface area contributed by atoms with Gasteiger partial charge in [-0.2, -0.15) is 0 Å². The van der Waals surface area contributed by atoms with Crippen molar-refractivity contribution in [1.29, 1.82) is 0 Å². The number of fused-ring (bicyclic) bond motifs is 19. The minimum Gasteiger partial charge on any atom is -0.135 e. The molecule has 0 amide bonds. The van der Waals surface area contributed by atoms with E-state index in [1.165, 1.54) is 223 Å². The summed E-state index contributed by atoms with van der Waals surface area (Å²) in [7, 11) is 0. The highest BCUT2D eigenvalue weighted by molar-refractivity contribution is 7.27. The number of hydrogen-bond acceptors (Lipinski definition) is 4. The summed E-state index contributed by atoms with van der Waals surface area (Å²) in [5.74, 6) is 0. The van der Waals surface area contributed by atoms with Crippen LogP contribution in [0.4, 0.5) is 0 Å². The van der Waals surface area contributed by atoms with E-state index in [2.05, 4.69) is 328 Å². The molecule has 0 radical (unpaired) electrons. The fourth-order valence-electron chi connectivity index (χ4n) is 16.8. The molecule has 0 fully saturated rings. The fraction of sp³-hybridized carbons (Fsp3) is 0. The number of benzene rings is 18. The van der Waals surface area contributed by atoms with Gasteiger partial charge < -0.3 is 0 Å². The van der Waals surface area contributed by atoms with Crippen LogP contribution < -0.4 is 0 Å². The molecule has 22 rings (SSSR count). The van der Waals surface area contributed by atoms with Crippen LogP contribution in [0.3, 0.4) is 0 Å². The van der Waals surface area contributed by atoms with Crippen molar-refractivity contribution in [3.8, 4) is 77.9 Å². The number of hydrogen-bond donors (Lipinski definition) is 0. The molecule has 18 aromatic carbocycles. The quantitative estimate of drug-likeness (QED) is 0.140. The molecule has 0 nitrogen and oxygen atoms in total. The summed E-state index contributed by atoms with van der Waals surface area (Å²) in [6.45, 7) is 0. The first-order valence-corrected chi connectivity index (χ1v) is 37.5. The second-order valence-electron chi connectivity index (χ2n) is 26.9. The molecule has 0 aliphatic heterocycles. The van der Waals surface area contributed by atoms with E-state index in [1.807, 2.05) is 45.3 Å². The van der Waals surface area contributed by atoms with Gasteiger partial charge in [0.15, 0.2) is 0 Å². The highest BCUT2D eigenvalue weighted by Crippen LogP contribution is 2.51. The second kappa shape index (κ2) is 22.0. The van der Waals surface area contributed by atoms with E-state index < -0.39 is 0 Å². The van der Waals surface area contributed by atoms with Crippen LogP contribution in [0.2, 0.25) is 0 Å². The highest BCUT2D eigenvalue weighted by atomic mass is 32.1. The molecule has 462 valence electrons. The van der Waals surface area contributed by atoms with Crippen molar-refractivity contribution in [2.45, 2.75) is 0 Å². The summed E-state index contributed by atoms with van der Waals surface area (Å²) in [5.41, 5.74) is 17.3. The third-order valence-corrected chi connectivity index (χ3v) is 26.0. The first-order chi connectivity index (χ1) is 49.5. The molecule has 0 saturated carbocycles. The van der Waals surface area contributed by atoms with E-state index >= 15 is 0 Å². The van der Waals surface area contributed by atoms with E-state index in [1.54, 1.807) is 0 Å². The second-order valence-corrected chi connectivity index (χ2v) is 31.2. The summed E-state index contributed by atoms with van der Waals surface area (Å²) >= 11 is 7.62. The van der Waals surface area contributed by atoms with Crippen molar-refractivity contribution in [1.82, 2.24) is 0 Å². The van der Waals surface area contributed by atoms with Crippen LogP contribution in [0.1, 0.15) is 0 Å². The molecular formula is C96H54S4. The maximum Gasteiger partial charge on any atom is 0.0434 e. The zero-order valence-corrected chi connectivity index (χ0v) is 57.1. The van der Waals surface area contributed by atoms with Gasteiger partial charge in [0.2, 0.25) is 0 Å². The largest absolute Gasteiger partial charge is 0.135 e. The van der Waals surface area contributed by atoms with Crippen molar-refractivity contribution in [3.05, 3.63) is 328 Å². The smallest absolute Gasteiger partial charge is 0.0434 e. The molecule has 0 saturated heterocycles. The molecular weight excluding hydrogens is 1280 g/mol. The lowest BCUT2D eigenvalue weighted by Crippen LogP contribution is -1.92. The Morgan fingerprint density at radius 1 is 0.130 bits per heavy atom. The number of rotatable bonds is 7. The van der Waals surface area contributed by atoms with Gasteiger partial charge in [0.05, 0.1) is 0 Å². The van der Waals surface area contributed by atoms with E-state index in [4.69, 9.17) is 0 Å². The Balaban J connectivity index is 0.638. The average Bonchev–Trinajstić information content (AvgIpc) is 0.966. The molecule has 0 aliphatic rings. The molecule has 0 N–H and O–H groups in total. The highest BCUT2D eigenvalue weighted by Gasteiger charge is 2.22. The summed E-state index contributed by atoms with van der Waals surface area (Å²) < 4.78 is 10.6. The van der Waals surface area contributed by atoms with Crippen molar-refractivity contribution in [2.75, 3.05) is 0 Å². The van der Waals surface area contributed by atoms with Crippen molar-refractivity contribution in [2.24, 2.45) is 0 Å². The van der Waals surface area contributed by atoms with Crippen molar-refractivity contribution < 1.29 is 0 Å². The predicted octanol–water partition coefficient (Wildman–Crippen LogP) is 29.7. The minimum atomic E-state index is 1.21. The Morgan fingerprint density at radius 2 is 0.460 bits per heavy atom. The molecule has 4 heterocycles. The topological polar surface area (TPSA) is 0 Å². The summed E-state index contributed by atoms with van der Waals surface area (Å²) in [4.78, 5) is 0. The van der Waals surface area contributed by atoms with Gasteiger partial charge in [-0.15, -0.1) is 45.3 Å². The third kappa shape index (κ3) is 8.68. The Bertz CT molecular complexity index is 7200. The van der Waals surface area contributed by atoms with E-state index in [0.717, 1.165) is 0 Å². The SMILES string of the molecule is c1ccc(-c2c3ccccc3c(-c3cccc(-c4ccc5sc6cc7cc8c(cc7cc6c5c4)sc4cc(-c5ccc6c(-c7ccccc7)c7ccccc7c(-c7cccc(-c9ccc%10sc%11cc%12ccc%13c%14ccccc%14sc%13c%12cc%11c%10c9)c7)c6c5)ccc48)c3)c3ccccc23)cc1. The van der Waals surface area contributed by atoms with Crippen LogP contribution in [0.15, 0.2) is 328 Å². The van der Waals surface area contributed by atoms with E-state index in [9.17, 15) is 0 Å². The average molecular weight is 1340 g/mol. The molecule has 0 spiro atoms. The zero-order chi connectivity index (χ0) is 65.3. The Labute approximate surface area is 591 Å². The number of thiophene rings is 4. The maximum atomic E-state index is 2.48. The molecule has 4 heteroatoms. The van der Waals surface area contributed by atoms with Gasteiger partial charge in [0.1, 0.15) is 0 Å². The fourth-order valence-corrected chi connectivity index (χ4v) is 21.4. The van der Waals surface area contributed by atoms with Crippen LogP contribution >= 0.6 is 45.3 Å². The van der Waals surface area contributed by atoms with Gasteiger partial charge in [-0.25, -0.2) is 0 Å². The normalized spacial score (nSPS) is 12.2. The first kappa shape index (κ1) is 56.4. The van der Waals surface area contributed by atoms with Gasteiger partial charge >= 0.3 is 0 Å². The van der Waals surface area contributed by atoms with Gasteiger partial charge in [0.25, 0.3) is 0 Å². The van der Waals surface area contributed by atoms with Crippen LogP contribution in [0, 0.1) is 0 Å². The molecule has 0 bridgehead atoms. The van der Waals surface area contributed by atoms with Gasteiger partial charge in [-0.05, 0) is 228 Å². The Morgan fingerprint density at radius 3 is 1.01 bits per heavy atom. The van der Waals surface area contributed by atoms with Crippen LogP contribution in [-0.2, 0) is 0 Å². The lowest BCUT2D eigenvalue weighted by molar-refractivity contribution is 1.63.